The lowest BCUT2D eigenvalue weighted by molar-refractivity contribution is 0.600. The zero-order chi connectivity index (χ0) is 14.3. The van der Waals surface area contributed by atoms with E-state index in [1.807, 2.05) is 12.1 Å². The Bertz CT molecular complexity index is 636. The Morgan fingerprint density at radius 3 is 2.75 bits per heavy atom. The van der Waals surface area contributed by atoms with Crippen LogP contribution in [0.1, 0.15) is 38.1 Å². The van der Waals surface area contributed by atoms with Crippen molar-refractivity contribution in [1.82, 2.24) is 9.55 Å². The number of aryl methyl sites for hydroxylation is 1. The first-order chi connectivity index (χ1) is 9.65. The second-order valence-corrected chi connectivity index (χ2v) is 6.64. The molecule has 1 aliphatic carbocycles. The second kappa shape index (κ2) is 5.75. The largest absolute Gasteiger partial charge is 0.324 e. The highest BCUT2D eigenvalue weighted by Gasteiger charge is 2.39. The van der Waals surface area contributed by atoms with E-state index in [0.29, 0.717) is 22.0 Å². The molecule has 2 unspecified atom stereocenters. The van der Waals surface area contributed by atoms with Gasteiger partial charge >= 0.3 is 0 Å². The quantitative estimate of drug-likeness (QED) is 0.663. The first kappa shape index (κ1) is 14.5. The van der Waals surface area contributed by atoms with Crippen LogP contribution in [-0.4, -0.2) is 15.4 Å². The maximum absolute atomic E-state index is 6.17. The number of hydrogen-bond donors (Lipinski definition) is 0. The van der Waals surface area contributed by atoms with Crippen molar-refractivity contribution in [2.45, 2.75) is 38.6 Å². The van der Waals surface area contributed by atoms with E-state index in [9.17, 15) is 0 Å². The molecule has 1 aliphatic rings. The Kier molecular flexibility index (Phi) is 4.16. The van der Waals surface area contributed by atoms with E-state index < -0.39 is 0 Å². The molecular formula is C15H17Cl3N2. The van der Waals surface area contributed by atoms with E-state index in [1.165, 1.54) is 19.3 Å². The van der Waals surface area contributed by atoms with Gasteiger partial charge in [-0.3, -0.25) is 0 Å². The summed E-state index contributed by atoms with van der Waals surface area (Å²) in [6.45, 7) is 2.23. The van der Waals surface area contributed by atoms with Crippen molar-refractivity contribution in [1.29, 1.82) is 0 Å². The van der Waals surface area contributed by atoms with Crippen molar-refractivity contribution in [3.63, 3.8) is 0 Å². The summed E-state index contributed by atoms with van der Waals surface area (Å²) < 4.78 is 2.33. The molecule has 0 spiro atoms. The Hall–Kier alpha value is -0.440. The highest BCUT2D eigenvalue weighted by molar-refractivity contribution is 6.42. The first-order valence-electron chi connectivity index (χ1n) is 7.07. The smallest absolute Gasteiger partial charge is 0.111 e. The fraction of sp³-hybridized carbons (Fsp3) is 0.533. The number of alkyl halides is 1. The highest BCUT2D eigenvalue weighted by Crippen LogP contribution is 2.48. The van der Waals surface area contributed by atoms with E-state index in [-0.39, 0.29) is 0 Å². The van der Waals surface area contributed by atoms with E-state index in [2.05, 4.69) is 11.5 Å². The summed E-state index contributed by atoms with van der Waals surface area (Å²) in [7, 11) is 0. The van der Waals surface area contributed by atoms with Crippen molar-refractivity contribution in [3.05, 3.63) is 28.0 Å². The van der Waals surface area contributed by atoms with E-state index in [4.69, 9.17) is 39.8 Å². The molecule has 0 bridgehead atoms. The predicted molar refractivity (Wildman–Crippen MR) is 86.2 cm³/mol. The molecule has 0 radical (unpaired) electrons. The summed E-state index contributed by atoms with van der Waals surface area (Å²) in [5.74, 6) is 2.40. The van der Waals surface area contributed by atoms with Gasteiger partial charge in [-0.15, -0.1) is 11.6 Å². The van der Waals surface area contributed by atoms with Gasteiger partial charge in [0.1, 0.15) is 5.82 Å². The van der Waals surface area contributed by atoms with Gasteiger partial charge in [-0.1, -0.05) is 36.5 Å². The van der Waals surface area contributed by atoms with Gasteiger partial charge in [-0.25, -0.2) is 4.98 Å². The van der Waals surface area contributed by atoms with Crippen LogP contribution < -0.4 is 0 Å². The number of halogens is 3. The molecule has 20 heavy (non-hydrogen) atoms. The van der Waals surface area contributed by atoms with Gasteiger partial charge in [-0.05, 0) is 30.9 Å². The molecule has 2 nitrogen and oxygen atoms in total. The van der Waals surface area contributed by atoms with Gasteiger partial charge in [0.25, 0.3) is 0 Å². The predicted octanol–water partition coefficient (Wildman–Crippen LogP) is 5.49. The number of fused-ring (bicyclic) bond motifs is 1. The number of rotatable bonds is 5. The molecule has 1 aromatic carbocycles. The van der Waals surface area contributed by atoms with Crippen LogP contribution in [0.2, 0.25) is 10.0 Å². The topological polar surface area (TPSA) is 17.8 Å². The minimum absolute atomic E-state index is 0.551. The number of hydrogen-bond acceptors (Lipinski definition) is 1. The molecule has 1 aromatic heterocycles. The third kappa shape index (κ3) is 2.54. The van der Waals surface area contributed by atoms with Crippen LogP contribution in [0, 0.1) is 5.92 Å². The molecule has 0 amide bonds. The molecule has 0 saturated heterocycles. The molecule has 0 aliphatic heterocycles. The first-order valence-corrected chi connectivity index (χ1v) is 8.36. The zero-order valence-corrected chi connectivity index (χ0v) is 13.6. The van der Waals surface area contributed by atoms with Gasteiger partial charge in [0.05, 0.1) is 21.1 Å². The lowest BCUT2D eigenvalue weighted by Gasteiger charge is -2.08. The zero-order valence-electron chi connectivity index (χ0n) is 11.4. The summed E-state index contributed by atoms with van der Waals surface area (Å²) in [5, 5.41) is 1.15. The van der Waals surface area contributed by atoms with Crippen molar-refractivity contribution in [2.24, 2.45) is 5.92 Å². The lowest BCUT2D eigenvalue weighted by atomic mass is 10.2. The van der Waals surface area contributed by atoms with Gasteiger partial charge in [0.15, 0.2) is 0 Å². The Balaban J connectivity index is 2.07. The van der Waals surface area contributed by atoms with E-state index >= 15 is 0 Å². The third-order valence-corrected chi connectivity index (χ3v) is 4.91. The van der Waals surface area contributed by atoms with Gasteiger partial charge in [0.2, 0.25) is 0 Å². The molecular weight excluding hydrogens is 315 g/mol. The summed E-state index contributed by atoms with van der Waals surface area (Å²) in [6, 6.07) is 4.34. The molecule has 0 N–H and O–H groups in total. The van der Waals surface area contributed by atoms with Crippen molar-refractivity contribution in [2.75, 3.05) is 5.88 Å². The van der Waals surface area contributed by atoms with Crippen LogP contribution in [0.25, 0.3) is 11.0 Å². The van der Waals surface area contributed by atoms with E-state index in [1.54, 1.807) is 0 Å². The third-order valence-electron chi connectivity index (χ3n) is 4.00. The molecule has 5 heteroatoms. The summed E-state index contributed by atoms with van der Waals surface area (Å²) in [4.78, 5) is 4.70. The second-order valence-electron chi connectivity index (χ2n) is 5.44. The van der Waals surface area contributed by atoms with E-state index in [0.717, 1.165) is 29.2 Å². The number of benzene rings is 1. The fourth-order valence-corrected chi connectivity index (χ4v) is 3.48. The fourth-order valence-electron chi connectivity index (χ4n) is 3.00. The van der Waals surface area contributed by atoms with Crippen molar-refractivity contribution in [3.8, 4) is 0 Å². The van der Waals surface area contributed by atoms with Crippen LogP contribution in [0.4, 0.5) is 0 Å². The standard InChI is InChI=1S/C15H17Cl3N2/c1-2-3-9-6-13(9)20-14-8-11(18)10(17)7-12(14)19-15(20)4-5-16/h7-9,13H,2-6H2,1H3. The van der Waals surface area contributed by atoms with Crippen LogP contribution in [0.5, 0.6) is 0 Å². The maximum Gasteiger partial charge on any atom is 0.111 e. The number of nitrogens with zero attached hydrogens (tertiary/aromatic N) is 2. The summed E-state index contributed by atoms with van der Waals surface area (Å²) >= 11 is 18.2. The number of imidazole rings is 1. The Labute approximate surface area is 134 Å². The average Bonchev–Trinajstić information content (AvgIpc) is 3.07. The van der Waals surface area contributed by atoms with Crippen LogP contribution in [0.15, 0.2) is 12.1 Å². The lowest BCUT2D eigenvalue weighted by Crippen LogP contribution is -2.04. The Morgan fingerprint density at radius 1 is 1.30 bits per heavy atom. The molecule has 1 heterocycles. The molecule has 1 fully saturated rings. The van der Waals surface area contributed by atoms with Gasteiger partial charge in [0, 0.05) is 18.3 Å². The molecule has 2 aromatic rings. The van der Waals surface area contributed by atoms with Crippen LogP contribution in [-0.2, 0) is 6.42 Å². The molecule has 3 rings (SSSR count). The number of aromatic nitrogens is 2. The maximum atomic E-state index is 6.17. The minimum atomic E-state index is 0.551. The molecule has 108 valence electrons. The van der Waals surface area contributed by atoms with Crippen molar-refractivity contribution >= 4 is 45.8 Å². The van der Waals surface area contributed by atoms with Crippen molar-refractivity contribution < 1.29 is 0 Å². The summed E-state index contributed by atoms with van der Waals surface area (Å²) in [5.41, 5.74) is 2.00. The monoisotopic (exact) mass is 330 g/mol. The molecule has 2 atom stereocenters. The Morgan fingerprint density at radius 2 is 2.05 bits per heavy atom. The minimum Gasteiger partial charge on any atom is -0.324 e. The van der Waals surface area contributed by atoms with Crippen LogP contribution >= 0.6 is 34.8 Å². The normalized spacial score (nSPS) is 21.6. The van der Waals surface area contributed by atoms with Crippen LogP contribution in [0.3, 0.4) is 0 Å². The summed E-state index contributed by atoms with van der Waals surface area (Å²) in [6.07, 6.45) is 4.51. The van der Waals surface area contributed by atoms with Gasteiger partial charge in [-0.2, -0.15) is 0 Å². The van der Waals surface area contributed by atoms with Gasteiger partial charge < -0.3 is 4.57 Å². The average molecular weight is 332 g/mol. The highest BCUT2D eigenvalue weighted by atomic mass is 35.5. The molecule has 1 saturated carbocycles. The SMILES string of the molecule is CCCC1CC1n1c(CCCl)nc2cc(Cl)c(Cl)cc21.